The Morgan fingerprint density at radius 3 is 2.57 bits per heavy atom. The maximum Gasteiger partial charge on any atom is 0.124 e. The molecule has 1 unspecified atom stereocenters. The average molecular weight is 346 g/mol. The molecule has 0 saturated heterocycles. The second-order valence-electron chi connectivity index (χ2n) is 4.38. The van der Waals surface area contributed by atoms with Crippen molar-refractivity contribution in [2.75, 3.05) is 27.4 Å². The third kappa shape index (κ3) is 4.11. The smallest absolute Gasteiger partial charge is 0.124 e. The minimum Gasteiger partial charge on any atom is -0.491 e. The molecule has 1 aromatic heterocycles. The van der Waals surface area contributed by atoms with E-state index in [1.165, 1.54) is 11.3 Å². The van der Waals surface area contributed by atoms with Gasteiger partial charge in [0.2, 0.25) is 0 Å². The molecule has 0 saturated carbocycles. The van der Waals surface area contributed by atoms with Crippen molar-refractivity contribution in [1.29, 1.82) is 0 Å². The molecule has 0 bridgehead atoms. The van der Waals surface area contributed by atoms with Gasteiger partial charge in [-0.15, -0.1) is 11.3 Å². The normalized spacial score (nSPS) is 12.4. The molecule has 0 aliphatic carbocycles. The maximum absolute atomic E-state index is 6.28. The molecule has 0 amide bonds. The number of benzene rings is 1. The first-order chi connectivity index (χ1) is 10.2. The van der Waals surface area contributed by atoms with E-state index in [-0.39, 0.29) is 6.04 Å². The first kappa shape index (κ1) is 16.6. The number of methoxy groups -OCH3 is 1. The zero-order chi connectivity index (χ0) is 15.2. The van der Waals surface area contributed by atoms with Gasteiger partial charge in [0, 0.05) is 18.2 Å². The third-order valence-corrected chi connectivity index (χ3v) is 4.58. The molecule has 0 fully saturated rings. The molecule has 114 valence electrons. The van der Waals surface area contributed by atoms with E-state index < -0.39 is 0 Å². The quantitative estimate of drug-likeness (QED) is 0.755. The Morgan fingerprint density at radius 1 is 1.19 bits per heavy atom. The van der Waals surface area contributed by atoms with Gasteiger partial charge in [-0.1, -0.05) is 41.4 Å². The standard InChI is InChI=1S/C15H17Cl2NO2S/c1-18-14(11-9-13(16)21-15(11)17)10-5-3-4-6-12(10)20-8-7-19-2/h3-6,9,14,18H,7-8H2,1-2H3. The summed E-state index contributed by atoms with van der Waals surface area (Å²) >= 11 is 13.7. The molecule has 0 aliphatic rings. The third-order valence-electron chi connectivity index (χ3n) is 3.06. The lowest BCUT2D eigenvalue weighted by molar-refractivity contribution is 0.145. The van der Waals surface area contributed by atoms with E-state index in [9.17, 15) is 0 Å². The summed E-state index contributed by atoms with van der Waals surface area (Å²) in [5, 5.41) is 3.27. The lowest BCUT2D eigenvalue weighted by atomic mass is 10.0. The van der Waals surface area contributed by atoms with Crippen LogP contribution in [-0.2, 0) is 4.74 Å². The van der Waals surface area contributed by atoms with Gasteiger partial charge >= 0.3 is 0 Å². The Morgan fingerprint density at radius 2 is 1.95 bits per heavy atom. The first-order valence-electron chi connectivity index (χ1n) is 6.50. The van der Waals surface area contributed by atoms with Crippen molar-refractivity contribution in [3.05, 3.63) is 50.1 Å². The van der Waals surface area contributed by atoms with Gasteiger partial charge in [0.05, 0.1) is 21.3 Å². The number of halogens is 2. The van der Waals surface area contributed by atoms with Crippen LogP contribution in [0.15, 0.2) is 30.3 Å². The van der Waals surface area contributed by atoms with Crippen molar-refractivity contribution in [3.63, 3.8) is 0 Å². The zero-order valence-corrected chi connectivity index (χ0v) is 14.2. The highest BCUT2D eigenvalue weighted by Crippen LogP contribution is 2.39. The lowest BCUT2D eigenvalue weighted by Crippen LogP contribution is -2.19. The lowest BCUT2D eigenvalue weighted by Gasteiger charge is -2.20. The molecule has 21 heavy (non-hydrogen) atoms. The summed E-state index contributed by atoms with van der Waals surface area (Å²) in [6.07, 6.45) is 0. The van der Waals surface area contributed by atoms with Gasteiger partial charge in [-0.25, -0.2) is 0 Å². The van der Waals surface area contributed by atoms with Crippen LogP contribution in [0.5, 0.6) is 5.75 Å². The summed E-state index contributed by atoms with van der Waals surface area (Å²) in [5.41, 5.74) is 1.98. The van der Waals surface area contributed by atoms with E-state index in [1.807, 2.05) is 37.4 Å². The number of nitrogens with one attached hydrogen (secondary N) is 1. The highest BCUT2D eigenvalue weighted by molar-refractivity contribution is 7.20. The summed E-state index contributed by atoms with van der Waals surface area (Å²) in [6, 6.07) is 9.70. The van der Waals surface area contributed by atoms with Crippen LogP contribution in [0.3, 0.4) is 0 Å². The average Bonchev–Trinajstić information content (AvgIpc) is 2.80. The van der Waals surface area contributed by atoms with Crippen LogP contribution in [0.2, 0.25) is 8.67 Å². The SMILES string of the molecule is CNC(c1ccccc1OCCOC)c1cc(Cl)sc1Cl. The van der Waals surface area contributed by atoms with Gasteiger partial charge < -0.3 is 14.8 Å². The van der Waals surface area contributed by atoms with E-state index in [0.29, 0.717) is 21.9 Å². The summed E-state index contributed by atoms with van der Waals surface area (Å²) in [6.45, 7) is 1.05. The summed E-state index contributed by atoms with van der Waals surface area (Å²) in [5.74, 6) is 0.812. The highest BCUT2D eigenvalue weighted by Gasteiger charge is 2.21. The second-order valence-corrected chi connectivity index (χ2v) is 6.67. The molecular formula is C15H17Cl2NO2S. The Kier molecular flexibility index (Phi) is 6.33. The van der Waals surface area contributed by atoms with Crippen LogP contribution in [-0.4, -0.2) is 27.4 Å². The van der Waals surface area contributed by atoms with Crippen LogP contribution >= 0.6 is 34.5 Å². The van der Waals surface area contributed by atoms with Crippen LogP contribution in [0.1, 0.15) is 17.2 Å². The summed E-state index contributed by atoms with van der Waals surface area (Å²) in [4.78, 5) is 0. The molecular weight excluding hydrogens is 329 g/mol. The van der Waals surface area contributed by atoms with Crippen molar-refractivity contribution in [2.45, 2.75) is 6.04 Å². The van der Waals surface area contributed by atoms with Gasteiger partial charge in [0.25, 0.3) is 0 Å². The minimum absolute atomic E-state index is 0.0694. The van der Waals surface area contributed by atoms with Crippen LogP contribution in [0.4, 0.5) is 0 Å². The van der Waals surface area contributed by atoms with Crippen molar-refractivity contribution in [1.82, 2.24) is 5.32 Å². The van der Waals surface area contributed by atoms with Crippen molar-refractivity contribution in [3.8, 4) is 5.75 Å². The number of para-hydroxylation sites is 1. The van der Waals surface area contributed by atoms with Crippen molar-refractivity contribution in [2.24, 2.45) is 0 Å². The number of ether oxygens (including phenoxy) is 2. The van der Waals surface area contributed by atoms with E-state index in [4.69, 9.17) is 32.7 Å². The molecule has 2 rings (SSSR count). The predicted molar refractivity (Wildman–Crippen MR) is 89.1 cm³/mol. The number of thiophene rings is 1. The number of hydrogen-bond acceptors (Lipinski definition) is 4. The highest BCUT2D eigenvalue weighted by atomic mass is 35.5. The van der Waals surface area contributed by atoms with Gasteiger partial charge in [0.15, 0.2) is 0 Å². The molecule has 1 heterocycles. The Balaban J connectivity index is 2.31. The van der Waals surface area contributed by atoms with Crippen molar-refractivity contribution >= 4 is 34.5 Å². The number of hydrogen-bond donors (Lipinski definition) is 1. The molecule has 1 atom stereocenters. The Hall–Kier alpha value is -0.780. The van der Waals surface area contributed by atoms with Gasteiger partial charge in [-0.2, -0.15) is 0 Å². The van der Waals surface area contributed by atoms with Gasteiger partial charge in [-0.05, 0) is 19.2 Å². The molecule has 0 spiro atoms. The molecule has 0 radical (unpaired) electrons. The fourth-order valence-corrected chi connectivity index (χ4v) is 3.65. The maximum atomic E-state index is 6.28. The Bertz CT molecular complexity index is 589. The molecule has 1 aromatic carbocycles. The van der Waals surface area contributed by atoms with E-state index in [2.05, 4.69) is 5.32 Å². The van der Waals surface area contributed by atoms with Gasteiger partial charge in [-0.3, -0.25) is 0 Å². The minimum atomic E-state index is -0.0694. The van der Waals surface area contributed by atoms with Gasteiger partial charge in [0.1, 0.15) is 12.4 Å². The largest absolute Gasteiger partial charge is 0.491 e. The molecule has 0 aliphatic heterocycles. The molecule has 3 nitrogen and oxygen atoms in total. The van der Waals surface area contributed by atoms with E-state index in [1.54, 1.807) is 7.11 Å². The van der Waals surface area contributed by atoms with E-state index >= 15 is 0 Å². The van der Waals surface area contributed by atoms with Crippen LogP contribution < -0.4 is 10.1 Å². The first-order valence-corrected chi connectivity index (χ1v) is 8.07. The molecule has 2 aromatic rings. The monoisotopic (exact) mass is 345 g/mol. The second kappa shape index (κ2) is 8.01. The van der Waals surface area contributed by atoms with Crippen molar-refractivity contribution < 1.29 is 9.47 Å². The van der Waals surface area contributed by atoms with E-state index in [0.717, 1.165) is 16.9 Å². The summed E-state index contributed by atoms with van der Waals surface area (Å²) < 4.78 is 12.2. The topological polar surface area (TPSA) is 30.5 Å². The zero-order valence-electron chi connectivity index (χ0n) is 11.9. The fourth-order valence-electron chi connectivity index (χ4n) is 2.11. The summed E-state index contributed by atoms with van der Waals surface area (Å²) in [7, 11) is 3.54. The van der Waals surface area contributed by atoms with Crippen LogP contribution in [0, 0.1) is 0 Å². The molecule has 6 heteroatoms. The molecule has 1 N–H and O–H groups in total. The predicted octanol–water partition coefficient (Wildman–Crippen LogP) is 4.39. The number of rotatable bonds is 7. The van der Waals surface area contributed by atoms with Crippen LogP contribution in [0.25, 0.3) is 0 Å². The fraction of sp³-hybridized carbons (Fsp3) is 0.333. The Labute approximate surface area is 138 Å².